The van der Waals surface area contributed by atoms with Crippen molar-refractivity contribution in [3.63, 3.8) is 0 Å². The van der Waals surface area contributed by atoms with Crippen LogP contribution in [-0.2, 0) is 4.79 Å². The van der Waals surface area contributed by atoms with Crippen LogP contribution in [0.5, 0.6) is 11.5 Å². The summed E-state index contributed by atoms with van der Waals surface area (Å²) in [6, 6.07) is 15.6. The molecule has 0 saturated heterocycles. The average molecular weight is 372 g/mol. The molecule has 0 aliphatic carbocycles. The number of hydrogen-bond acceptors (Lipinski definition) is 5. The van der Waals surface area contributed by atoms with Crippen LogP contribution >= 0.6 is 11.8 Å². The van der Waals surface area contributed by atoms with E-state index in [1.54, 1.807) is 18.0 Å². The van der Waals surface area contributed by atoms with Crippen molar-refractivity contribution in [2.24, 2.45) is 5.10 Å². The molecule has 0 heterocycles. The van der Waals surface area contributed by atoms with Gasteiger partial charge in [0.15, 0.2) is 11.5 Å². The van der Waals surface area contributed by atoms with E-state index in [1.807, 2.05) is 62.4 Å². The van der Waals surface area contributed by atoms with E-state index in [0.717, 1.165) is 10.5 Å². The highest BCUT2D eigenvalue weighted by Gasteiger charge is 2.05. The summed E-state index contributed by atoms with van der Waals surface area (Å²) < 4.78 is 11.1. The Morgan fingerprint density at radius 1 is 1.08 bits per heavy atom. The van der Waals surface area contributed by atoms with Gasteiger partial charge in [-0.25, -0.2) is 5.43 Å². The zero-order valence-corrected chi connectivity index (χ0v) is 15.9. The maximum Gasteiger partial charge on any atom is 0.240 e. The minimum absolute atomic E-state index is 0.111. The molecule has 138 valence electrons. The monoisotopic (exact) mass is 372 g/mol. The molecule has 0 bridgehead atoms. The van der Waals surface area contributed by atoms with E-state index in [9.17, 15) is 4.79 Å². The van der Waals surface area contributed by atoms with E-state index in [-0.39, 0.29) is 5.91 Å². The number of thioether (sulfide) groups is 1. The molecule has 0 atom stereocenters. The molecule has 2 rings (SSSR count). The number of ether oxygens (including phenoxy) is 2. The molecule has 1 amide bonds. The number of hydrazone groups is 1. The second-order valence-electron chi connectivity index (χ2n) is 5.28. The SMILES string of the molecule is CCOc1ccc(/C=N\NC(=O)CCSc2ccccc2)cc1OCC. The Morgan fingerprint density at radius 2 is 1.81 bits per heavy atom. The molecule has 26 heavy (non-hydrogen) atoms. The minimum Gasteiger partial charge on any atom is -0.490 e. The third-order valence-corrected chi connectivity index (χ3v) is 4.33. The molecule has 0 aliphatic rings. The highest BCUT2D eigenvalue weighted by molar-refractivity contribution is 7.99. The highest BCUT2D eigenvalue weighted by atomic mass is 32.2. The third-order valence-electron chi connectivity index (χ3n) is 3.31. The summed E-state index contributed by atoms with van der Waals surface area (Å²) in [7, 11) is 0. The predicted octanol–water partition coefficient (Wildman–Crippen LogP) is 4.12. The molecule has 6 heteroatoms. The Morgan fingerprint density at radius 3 is 2.54 bits per heavy atom. The van der Waals surface area contributed by atoms with Crippen LogP contribution in [0.4, 0.5) is 0 Å². The Bertz CT molecular complexity index is 720. The highest BCUT2D eigenvalue weighted by Crippen LogP contribution is 2.28. The van der Waals surface area contributed by atoms with E-state index in [2.05, 4.69) is 10.5 Å². The summed E-state index contributed by atoms with van der Waals surface area (Å²) in [6.45, 7) is 4.97. The lowest BCUT2D eigenvalue weighted by molar-refractivity contribution is -0.120. The molecule has 0 radical (unpaired) electrons. The second kappa shape index (κ2) is 11.2. The Hall–Kier alpha value is -2.47. The number of carbonyl (C=O) groups is 1. The van der Waals surface area contributed by atoms with Gasteiger partial charge in [0.05, 0.1) is 19.4 Å². The maximum atomic E-state index is 11.8. The number of rotatable bonds is 10. The van der Waals surface area contributed by atoms with E-state index in [4.69, 9.17) is 9.47 Å². The smallest absolute Gasteiger partial charge is 0.240 e. The normalized spacial score (nSPS) is 10.7. The molecule has 0 aromatic heterocycles. The molecule has 0 fully saturated rings. The van der Waals surface area contributed by atoms with Crippen molar-refractivity contribution in [1.82, 2.24) is 5.43 Å². The zero-order chi connectivity index (χ0) is 18.6. The first-order chi connectivity index (χ1) is 12.7. The number of benzene rings is 2. The maximum absolute atomic E-state index is 11.8. The second-order valence-corrected chi connectivity index (χ2v) is 6.45. The van der Waals surface area contributed by atoms with Crippen molar-refractivity contribution in [1.29, 1.82) is 0 Å². The van der Waals surface area contributed by atoms with Crippen molar-refractivity contribution in [3.05, 3.63) is 54.1 Å². The van der Waals surface area contributed by atoms with Gasteiger partial charge in [0, 0.05) is 17.1 Å². The average Bonchev–Trinajstić information content (AvgIpc) is 2.65. The van der Waals surface area contributed by atoms with Crippen LogP contribution in [0.1, 0.15) is 25.8 Å². The molecule has 2 aromatic carbocycles. The summed E-state index contributed by atoms with van der Waals surface area (Å²) in [5.41, 5.74) is 3.38. The van der Waals surface area contributed by atoms with E-state index >= 15 is 0 Å². The number of nitrogens with zero attached hydrogens (tertiary/aromatic N) is 1. The van der Waals surface area contributed by atoms with E-state index < -0.39 is 0 Å². The summed E-state index contributed by atoms with van der Waals surface area (Å²) in [6.07, 6.45) is 2.00. The summed E-state index contributed by atoms with van der Waals surface area (Å²) >= 11 is 1.65. The van der Waals surface area contributed by atoms with Gasteiger partial charge in [-0.3, -0.25) is 4.79 Å². The fourth-order valence-corrected chi connectivity index (χ4v) is 3.03. The first-order valence-corrected chi connectivity index (χ1v) is 9.61. The van der Waals surface area contributed by atoms with Crippen molar-refractivity contribution in [2.75, 3.05) is 19.0 Å². The zero-order valence-electron chi connectivity index (χ0n) is 15.1. The Balaban J connectivity index is 1.81. The summed E-state index contributed by atoms with van der Waals surface area (Å²) in [5, 5.41) is 4.01. The third kappa shape index (κ3) is 6.80. The molecule has 2 aromatic rings. The van der Waals surface area contributed by atoms with Gasteiger partial charge in [-0.1, -0.05) is 18.2 Å². The van der Waals surface area contributed by atoms with Crippen LogP contribution in [0.25, 0.3) is 0 Å². The summed E-state index contributed by atoms with van der Waals surface area (Å²) in [4.78, 5) is 13.0. The largest absolute Gasteiger partial charge is 0.490 e. The molecule has 0 unspecified atom stereocenters. The first kappa shape index (κ1) is 19.8. The van der Waals surface area contributed by atoms with Crippen LogP contribution in [-0.4, -0.2) is 31.1 Å². The standard InChI is InChI=1S/C20H24N2O3S/c1-3-24-18-11-10-16(14-19(18)25-4-2)15-21-22-20(23)12-13-26-17-8-6-5-7-9-17/h5-11,14-15H,3-4,12-13H2,1-2H3,(H,22,23)/b21-15-. The fourth-order valence-electron chi connectivity index (χ4n) is 2.16. The summed E-state index contributed by atoms with van der Waals surface area (Å²) in [5.74, 6) is 1.97. The number of nitrogens with one attached hydrogen (secondary N) is 1. The molecular weight excluding hydrogens is 348 g/mol. The lowest BCUT2D eigenvalue weighted by Crippen LogP contribution is -2.17. The minimum atomic E-state index is -0.111. The molecule has 0 spiro atoms. The van der Waals surface area contributed by atoms with Gasteiger partial charge in [-0.05, 0) is 49.7 Å². The van der Waals surface area contributed by atoms with Gasteiger partial charge >= 0.3 is 0 Å². The van der Waals surface area contributed by atoms with Gasteiger partial charge in [0.1, 0.15) is 0 Å². The van der Waals surface area contributed by atoms with E-state index in [1.165, 1.54) is 0 Å². The molecule has 5 nitrogen and oxygen atoms in total. The first-order valence-electron chi connectivity index (χ1n) is 8.62. The van der Waals surface area contributed by atoms with Crippen LogP contribution in [0, 0.1) is 0 Å². The van der Waals surface area contributed by atoms with Crippen molar-refractivity contribution < 1.29 is 14.3 Å². The molecule has 1 N–H and O–H groups in total. The van der Waals surface area contributed by atoms with Gasteiger partial charge in [-0.15, -0.1) is 11.8 Å². The molecule has 0 saturated carbocycles. The van der Waals surface area contributed by atoms with Gasteiger partial charge < -0.3 is 9.47 Å². The lowest BCUT2D eigenvalue weighted by Gasteiger charge is -2.11. The van der Waals surface area contributed by atoms with Crippen molar-refractivity contribution in [3.8, 4) is 11.5 Å². The van der Waals surface area contributed by atoms with Crippen LogP contribution in [0.3, 0.4) is 0 Å². The Kier molecular flexibility index (Phi) is 8.55. The van der Waals surface area contributed by atoms with Crippen LogP contribution in [0.2, 0.25) is 0 Å². The molecular formula is C20H24N2O3S. The van der Waals surface area contributed by atoms with E-state index in [0.29, 0.717) is 36.9 Å². The predicted molar refractivity (Wildman–Crippen MR) is 106 cm³/mol. The van der Waals surface area contributed by atoms with Crippen LogP contribution < -0.4 is 14.9 Å². The van der Waals surface area contributed by atoms with Gasteiger partial charge in [0.25, 0.3) is 0 Å². The number of hydrogen-bond donors (Lipinski definition) is 1. The number of carbonyl (C=O) groups excluding carboxylic acids is 1. The van der Waals surface area contributed by atoms with Gasteiger partial charge in [-0.2, -0.15) is 5.10 Å². The van der Waals surface area contributed by atoms with Crippen molar-refractivity contribution >= 4 is 23.9 Å². The Labute approximate surface area is 158 Å². The fraction of sp³-hybridized carbons (Fsp3) is 0.300. The topological polar surface area (TPSA) is 59.9 Å². The van der Waals surface area contributed by atoms with Crippen molar-refractivity contribution in [2.45, 2.75) is 25.2 Å². The van der Waals surface area contributed by atoms with Crippen LogP contribution in [0.15, 0.2) is 58.5 Å². The molecule has 0 aliphatic heterocycles. The lowest BCUT2D eigenvalue weighted by atomic mass is 10.2. The van der Waals surface area contributed by atoms with Gasteiger partial charge in [0.2, 0.25) is 5.91 Å². The quantitative estimate of drug-likeness (QED) is 0.387. The number of amides is 1.